The highest BCUT2D eigenvalue weighted by molar-refractivity contribution is 6.87. The number of azo groups is 1. The van der Waals surface area contributed by atoms with Crippen LogP contribution in [0.2, 0.25) is 18.1 Å². The van der Waals surface area contributed by atoms with E-state index >= 15 is 0 Å². The Balaban J connectivity index is 2.50. The minimum absolute atomic E-state index is 0.0836. The lowest BCUT2D eigenvalue weighted by molar-refractivity contribution is 0.590. The zero-order valence-electron chi connectivity index (χ0n) is 17.6. The highest BCUT2D eigenvalue weighted by Gasteiger charge is 2.24. The van der Waals surface area contributed by atoms with Gasteiger partial charge in [-0.15, -0.1) is 10.7 Å². The Labute approximate surface area is 166 Å². The van der Waals surface area contributed by atoms with Crippen LogP contribution in [0.25, 0.3) is 0 Å². The molecule has 0 aromatic heterocycles. The Hall–Kier alpha value is -2.18. The summed E-state index contributed by atoms with van der Waals surface area (Å²) in [7, 11) is -1.51. The number of hydrogen-bond donors (Lipinski definition) is 0. The zero-order valence-corrected chi connectivity index (χ0v) is 18.6. The van der Waals surface area contributed by atoms with Crippen molar-refractivity contribution in [1.29, 1.82) is 0 Å². The van der Waals surface area contributed by atoms with Gasteiger partial charge >= 0.3 is 0 Å². The lowest BCUT2D eigenvalue weighted by Crippen LogP contribution is -2.29. The van der Waals surface area contributed by atoms with Crippen LogP contribution in [0.1, 0.15) is 52.7 Å². The van der Waals surface area contributed by atoms with Crippen LogP contribution in [0.4, 0.5) is 11.4 Å². The molecular weight excluding hydrogens is 344 g/mol. The molecule has 0 aliphatic rings. The Bertz CT molecular complexity index is 824. The van der Waals surface area contributed by atoms with E-state index in [0.29, 0.717) is 0 Å². The van der Waals surface area contributed by atoms with Crippen LogP contribution in [-0.4, -0.2) is 8.07 Å². The van der Waals surface area contributed by atoms with Gasteiger partial charge in [-0.3, -0.25) is 0 Å². The number of benzene rings is 2. The summed E-state index contributed by atoms with van der Waals surface area (Å²) in [5.74, 6) is 3.51. The standard InChI is InChI=1S/C24H32N2Si/c1-7-27(8-2,9-3)18-17-20-19-21(24(4,5)6)15-16-23(20)26-25-22-13-11-10-12-14-22/h10-16,19H,7-9H2,1-6H3. The molecule has 0 atom stereocenters. The molecule has 0 saturated carbocycles. The van der Waals surface area contributed by atoms with E-state index in [1.807, 2.05) is 30.3 Å². The van der Waals surface area contributed by atoms with E-state index in [0.717, 1.165) is 16.9 Å². The van der Waals surface area contributed by atoms with Crippen LogP contribution in [0.3, 0.4) is 0 Å². The van der Waals surface area contributed by atoms with Gasteiger partial charge in [-0.1, -0.05) is 71.7 Å². The molecule has 3 heteroatoms. The predicted octanol–water partition coefficient (Wildman–Crippen LogP) is 7.80. The van der Waals surface area contributed by atoms with Crippen molar-refractivity contribution in [3.8, 4) is 11.5 Å². The molecule has 0 saturated heterocycles. The van der Waals surface area contributed by atoms with Gasteiger partial charge in [0.15, 0.2) is 0 Å². The van der Waals surface area contributed by atoms with Gasteiger partial charge < -0.3 is 0 Å². The SMILES string of the molecule is CC[Si](C#Cc1cc(C(C)(C)C)ccc1N=Nc1ccccc1)(CC)CC. The molecule has 142 valence electrons. The van der Waals surface area contributed by atoms with Crippen molar-refractivity contribution < 1.29 is 0 Å². The van der Waals surface area contributed by atoms with Crippen LogP contribution in [0.15, 0.2) is 58.8 Å². The van der Waals surface area contributed by atoms with Crippen molar-refractivity contribution in [3.63, 3.8) is 0 Å². The second-order valence-electron chi connectivity index (χ2n) is 8.11. The summed E-state index contributed by atoms with van der Waals surface area (Å²) in [6.07, 6.45) is 0. The van der Waals surface area contributed by atoms with Crippen LogP contribution >= 0.6 is 0 Å². The Kier molecular flexibility index (Phi) is 7.16. The van der Waals surface area contributed by atoms with E-state index in [1.165, 1.54) is 23.7 Å². The normalized spacial score (nSPS) is 12.1. The first kappa shape index (κ1) is 21.1. The summed E-state index contributed by atoms with van der Waals surface area (Å²) in [4.78, 5) is 0. The molecule has 0 aliphatic heterocycles. The number of nitrogens with zero attached hydrogens (tertiary/aromatic N) is 2. The molecule has 2 aromatic rings. The Morgan fingerprint density at radius 1 is 0.852 bits per heavy atom. The summed E-state index contributed by atoms with van der Waals surface area (Å²) in [5.41, 5.74) is 7.77. The first-order valence-corrected chi connectivity index (χ1v) is 12.6. The summed E-state index contributed by atoms with van der Waals surface area (Å²) in [5, 5.41) is 8.92. The van der Waals surface area contributed by atoms with Crippen LogP contribution in [0.5, 0.6) is 0 Å². The number of rotatable bonds is 5. The highest BCUT2D eigenvalue weighted by atomic mass is 28.3. The van der Waals surface area contributed by atoms with Gasteiger partial charge in [0.1, 0.15) is 13.8 Å². The van der Waals surface area contributed by atoms with Crippen molar-refractivity contribution >= 4 is 19.4 Å². The molecule has 0 amide bonds. The van der Waals surface area contributed by atoms with Gasteiger partial charge in [0, 0.05) is 0 Å². The van der Waals surface area contributed by atoms with Crippen molar-refractivity contribution in [1.82, 2.24) is 0 Å². The van der Waals surface area contributed by atoms with Crippen LogP contribution < -0.4 is 0 Å². The Morgan fingerprint density at radius 3 is 2.04 bits per heavy atom. The third kappa shape index (κ3) is 5.64. The summed E-state index contributed by atoms with van der Waals surface area (Å²) in [6.45, 7) is 13.6. The molecule has 0 heterocycles. The highest BCUT2D eigenvalue weighted by Crippen LogP contribution is 2.29. The fourth-order valence-corrected chi connectivity index (χ4v) is 5.44. The first-order valence-electron chi connectivity index (χ1n) is 9.98. The van der Waals surface area contributed by atoms with Crippen LogP contribution in [0, 0.1) is 11.5 Å². The summed E-state index contributed by atoms with van der Waals surface area (Å²) < 4.78 is 0. The molecule has 0 fully saturated rings. The van der Waals surface area contributed by atoms with E-state index < -0.39 is 8.07 Å². The molecule has 0 unspecified atom stereocenters. The molecule has 0 spiro atoms. The van der Waals surface area contributed by atoms with Gasteiger partial charge in [-0.25, -0.2) is 0 Å². The van der Waals surface area contributed by atoms with E-state index in [1.54, 1.807) is 0 Å². The van der Waals surface area contributed by atoms with E-state index in [4.69, 9.17) is 0 Å². The quantitative estimate of drug-likeness (QED) is 0.289. The molecule has 27 heavy (non-hydrogen) atoms. The van der Waals surface area contributed by atoms with E-state index in [9.17, 15) is 0 Å². The van der Waals surface area contributed by atoms with Crippen LogP contribution in [-0.2, 0) is 5.41 Å². The van der Waals surface area contributed by atoms with Crippen molar-refractivity contribution in [2.24, 2.45) is 10.2 Å². The van der Waals surface area contributed by atoms with Crippen molar-refractivity contribution in [2.75, 3.05) is 0 Å². The van der Waals surface area contributed by atoms with E-state index in [-0.39, 0.29) is 5.41 Å². The van der Waals surface area contributed by atoms with Crippen molar-refractivity contribution in [3.05, 3.63) is 59.7 Å². The average Bonchev–Trinajstić information content (AvgIpc) is 2.68. The lowest BCUT2D eigenvalue weighted by atomic mass is 9.86. The van der Waals surface area contributed by atoms with Gasteiger partial charge in [0.25, 0.3) is 0 Å². The predicted molar refractivity (Wildman–Crippen MR) is 120 cm³/mol. The monoisotopic (exact) mass is 376 g/mol. The van der Waals surface area contributed by atoms with Gasteiger partial charge in [0.2, 0.25) is 0 Å². The largest absolute Gasteiger partial charge is 0.151 e. The van der Waals surface area contributed by atoms with Gasteiger partial charge in [-0.05, 0) is 53.4 Å². The molecule has 2 aromatic carbocycles. The second-order valence-corrected chi connectivity index (χ2v) is 13.0. The summed E-state index contributed by atoms with van der Waals surface area (Å²) >= 11 is 0. The maximum atomic E-state index is 4.52. The topological polar surface area (TPSA) is 24.7 Å². The van der Waals surface area contributed by atoms with E-state index in [2.05, 4.69) is 81.4 Å². The third-order valence-corrected chi connectivity index (χ3v) is 10.1. The third-order valence-electron chi connectivity index (χ3n) is 5.38. The molecule has 0 N–H and O–H groups in total. The smallest absolute Gasteiger partial charge is 0.138 e. The average molecular weight is 377 g/mol. The molecule has 2 nitrogen and oxygen atoms in total. The van der Waals surface area contributed by atoms with Crippen molar-refractivity contribution in [2.45, 2.75) is 65.1 Å². The maximum Gasteiger partial charge on any atom is 0.138 e. The molecular formula is C24H32N2Si. The maximum absolute atomic E-state index is 4.52. The summed E-state index contributed by atoms with van der Waals surface area (Å²) in [6, 6.07) is 19.9. The van der Waals surface area contributed by atoms with Gasteiger partial charge in [-0.2, -0.15) is 5.11 Å². The minimum atomic E-state index is -1.51. The second kappa shape index (κ2) is 9.15. The zero-order chi connectivity index (χ0) is 19.9. The molecule has 2 rings (SSSR count). The molecule has 0 radical (unpaired) electrons. The number of hydrogen-bond acceptors (Lipinski definition) is 2. The molecule has 0 aliphatic carbocycles. The first-order chi connectivity index (χ1) is 12.8. The lowest BCUT2D eigenvalue weighted by Gasteiger charge is -2.21. The molecule has 0 bridgehead atoms. The fourth-order valence-electron chi connectivity index (χ4n) is 3.01. The minimum Gasteiger partial charge on any atom is -0.151 e. The van der Waals surface area contributed by atoms with Gasteiger partial charge in [0.05, 0.1) is 11.3 Å². The fraction of sp³-hybridized carbons (Fsp3) is 0.417. The Morgan fingerprint density at radius 2 is 1.48 bits per heavy atom.